The van der Waals surface area contributed by atoms with E-state index in [4.69, 9.17) is 27.9 Å². The normalized spacial score (nSPS) is 11.6. The molecule has 0 saturated heterocycles. The fourth-order valence-electron chi connectivity index (χ4n) is 2.66. The Morgan fingerprint density at radius 2 is 1.70 bits per heavy atom. The molecule has 2 aromatic carbocycles. The summed E-state index contributed by atoms with van der Waals surface area (Å²) in [5.74, 6) is 0.248. The van der Waals surface area contributed by atoms with E-state index in [9.17, 15) is 9.59 Å². The Kier molecular flexibility index (Phi) is 7.51. The lowest BCUT2D eigenvalue weighted by atomic mass is 10.1. The van der Waals surface area contributed by atoms with Crippen LogP contribution in [-0.4, -0.2) is 36.9 Å². The number of methoxy groups -OCH3 is 1. The number of carbonyl (C=O) groups excluding carboxylic acids is 2. The summed E-state index contributed by atoms with van der Waals surface area (Å²) >= 11 is 12.5. The van der Waals surface area contributed by atoms with E-state index in [1.807, 2.05) is 12.1 Å². The van der Waals surface area contributed by atoms with Crippen LogP contribution in [0.25, 0.3) is 0 Å². The van der Waals surface area contributed by atoms with Crippen LogP contribution >= 0.6 is 23.2 Å². The Bertz CT molecular complexity index is 789. The summed E-state index contributed by atoms with van der Waals surface area (Å²) in [5.41, 5.74) is 1.43. The second kappa shape index (κ2) is 9.62. The molecule has 0 radical (unpaired) electrons. The fraction of sp³-hybridized carbons (Fsp3) is 0.300. The molecule has 0 aliphatic heterocycles. The standard InChI is InChI=1S/C20H22Cl2N2O3/c1-13(20(26)23-2)24(12-16-17(21)5-4-6-18(16)22)19(25)11-14-7-9-15(27-3)10-8-14/h4-10,13H,11-12H2,1-3H3,(H,23,26). The van der Waals surface area contributed by atoms with Crippen LogP contribution in [0.2, 0.25) is 10.0 Å². The monoisotopic (exact) mass is 408 g/mol. The highest BCUT2D eigenvalue weighted by Gasteiger charge is 2.26. The number of ether oxygens (including phenoxy) is 1. The summed E-state index contributed by atoms with van der Waals surface area (Å²) in [6.45, 7) is 1.82. The molecule has 0 heterocycles. The minimum absolute atomic E-state index is 0.141. The lowest BCUT2D eigenvalue weighted by molar-refractivity contribution is -0.139. The number of halogens is 2. The predicted molar refractivity (Wildman–Crippen MR) is 107 cm³/mol. The first-order valence-corrected chi connectivity index (χ1v) is 9.19. The maximum Gasteiger partial charge on any atom is 0.242 e. The Balaban J connectivity index is 2.27. The molecule has 0 spiro atoms. The quantitative estimate of drug-likeness (QED) is 0.759. The third-order valence-corrected chi connectivity index (χ3v) is 5.03. The number of carbonyl (C=O) groups is 2. The predicted octanol–water partition coefficient (Wildman–Crippen LogP) is 3.71. The van der Waals surface area contributed by atoms with Crippen LogP contribution in [0.4, 0.5) is 0 Å². The molecule has 144 valence electrons. The molecule has 1 unspecified atom stereocenters. The molecule has 0 aliphatic carbocycles. The van der Waals surface area contributed by atoms with Gasteiger partial charge in [-0.25, -0.2) is 0 Å². The van der Waals surface area contributed by atoms with Gasteiger partial charge in [-0.05, 0) is 36.8 Å². The van der Waals surface area contributed by atoms with E-state index in [0.717, 1.165) is 5.56 Å². The Morgan fingerprint density at radius 3 is 2.22 bits per heavy atom. The smallest absolute Gasteiger partial charge is 0.242 e. The summed E-state index contributed by atoms with van der Waals surface area (Å²) in [6.07, 6.45) is 0.146. The first kappa shape index (κ1) is 21.1. The second-order valence-corrected chi connectivity index (χ2v) is 6.85. The second-order valence-electron chi connectivity index (χ2n) is 6.04. The van der Waals surface area contributed by atoms with Crippen LogP contribution in [-0.2, 0) is 22.6 Å². The maximum atomic E-state index is 13.0. The number of nitrogens with zero attached hydrogens (tertiary/aromatic N) is 1. The molecule has 1 N–H and O–H groups in total. The van der Waals surface area contributed by atoms with E-state index in [1.165, 1.54) is 11.9 Å². The molecular formula is C20H22Cl2N2O3. The average molecular weight is 409 g/mol. The van der Waals surface area contributed by atoms with Crippen molar-refractivity contribution in [2.45, 2.75) is 25.9 Å². The van der Waals surface area contributed by atoms with Gasteiger partial charge in [0.2, 0.25) is 11.8 Å². The van der Waals surface area contributed by atoms with Crippen LogP contribution in [0.3, 0.4) is 0 Å². The van der Waals surface area contributed by atoms with Crippen LogP contribution in [0.5, 0.6) is 5.75 Å². The third-order valence-electron chi connectivity index (χ3n) is 4.32. The van der Waals surface area contributed by atoms with Gasteiger partial charge in [-0.15, -0.1) is 0 Å². The molecule has 7 heteroatoms. The average Bonchev–Trinajstić information content (AvgIpc) is 2.67. The molecular weight excluding hydrogens is 387 g/mol. The van der Waals surface area contributed by atoms with E-state index in [0.29, 0.717) is 21.4 Å². The summed E-state index contributed by atoms with van der Waals surface area (Å²) in [6, 6.07) is 11.7. The van der Waals surface area contributed by atoms with Gasteiger partial charge < -0.3 is 15.0 Å². The van der Waals surface area contributed by atoms with Crippen molar-refractivity contribution in [2.75, 3.05) is 14.2 Å². The first-order chi connectivity index (χ1) is 12.9. The van der Waals surface area contributed by atoms with Gasteiger partial charge in [0.25, 0.3) is 0 Å². The van der Waals surface area contributed by atoms with Gasteiger partial charge in [-0.3, -0.25) is 9.59 Å². The first-order valence-electron chi connectivity index (χ1n) is 8.44. The van der Waals surface area contributed by atoms with Crippen LogP contribution in [0.15, 0.2) is 42.5 Å². The zero-order valence-electron chi connectivity index (χ0n) is 15.5. The molecule has 27 heavy (non-hydrogen) atoms. The van der Waals surface area contributed by atoms with Gasteiger partial charge in [-0.1, -0.05) is 41.4 Å². The number of benzene rings is 2. The van der Waals surface area contributed by atoms with E-state index in [1.54, 1.807) is 44.4 Å². The highest BCUT2D eigenvalue weighted by molar-refractivity contribution is 6.36. The van der Waals surface area contributed by atoms with E-state index in [-0.39, 0.29) is 24.8 Å². The molecule has 0 aliphatic rings. The highest BCUT2D eigenvalue weighted by Crippen LogP contribution is 2.27. The topological polar surface area (TPSA) is 58.6 Å². The zero-order chi connectivity index (χ0) is 20.0. The molecule has 5 nitrogen and oxygen atoms in total. The molecule has 2 rings (SSSR count). The largest absolute Gasteiger partial charge is 0.497 e. The number of rotatable bonds is 7. The van der Waals surface area contributed by atoms with Crippen molar-refractivity contribution in [1.82, 2.24) is 10.2 Å². The molecule has 0 fully saturated rings. The van der Waals surface area contributed by atoms with E-state index < -0.39 is 6.04 Å². The van der Waals surface area contributed by atoms with Crippen molar-refractivity contribution in [3.05, 3.63) is 63.6 Å². The summed E-state index contributed by atoms with van der Waals surface area (Å²) in [5, 5.41) is 3.48. The number of hydrogen-bond donors (Lipinski definition) is 1. The van der Waals surface area contributed by atoms with Crippen molar-refractivity contribution in [3.8, 4) is 5.75 Å². The van der Waals surface area contributed by atoms with Crippen molar-refractivity contribution in [1.29, 1.82) is 0 Å². The molecule has 0 aromatic heterocycles. The summed E-state index contributed by atoms with van der Waals surface area (Å²) in [4.78, 5) is 26.6. The van der Waals surface area contributed by atoms with Crippen molar-refractivity contribution in [3.63, 3.8) is 0 Å². The molecule has 1 atom stereocenters. The van der Waals surface area contributed by atoms with Gasteiger partial charge in [-0.2, -0.15) is 0 Å². The Labute approximate surface area is 169 Å². The molecule has 0 saturated carbocycles. The summed E-state index contributed by atoms with van der Waals surface area (Å²) in [7, 11) is 3.12. The lowest BCUT2D eigenvalue weighted by Crippen LogP contribution is -2.47. The minimum Gasteiger partial charge on any atom is -0.497 e. The van der Waals surface area contributed by atoms with Gasteiger partial charge in [0.1, 0.15) is 11.8 Å². The fourth-order valence-corrected chi connectivity index (χ4v) is 3.18. The van der Waals surface area contributed by atoms with Crippen LogP contribution in [0.1, 0.15) is 18.1 Å². The Hall–Kier alpha value is -2.24. The number of hydrogen-bond acceptors (Lipinski definition) is 3. The van der Waals surface area contributed by atoms with Gasteiger partial charge in [0.15, 0.2) is 0 Å². The van der Waals surface area contributed by atoms with Gasteiger partial charge in [0.05, 0.1) is 13.5 Å². The SMILES string of the molecule is CNC(=O)C(C)N(Cc1c(Cl)cccc1Cl)C(=O)Cc1ccc(OC)cc1. The third kappa shape index (κ3) is 5.37. The van der Waals surface area contributed by atoms with Crippen LogP contribution < -0.4 is 10.1 Å². The van der Waals surface area contributed by atoms with Crippen LogP contribution in [0, 0.1) is 0 Å². The Morgan fingerprint density at radius 1 is 1.11 bits per heavy atom. The maximum absolute atomic E-state index is 13.0. The summed E-state index contributed by atoms with van der Waals surface area (Å²) < 4.78 is 5.13. The lowest BCUT2D eigenvalue weighted by Gasteiger charge is -2.29. The highest BCUT2D eigenvalue weighted by atomic mass is 35.5. The van der Waals surface area contributed by atoms with Gasteiger partial charge >= 0.3 is 0 Å². The van der Waals surface area contributed by atoms with Crippen molar-refractivity contribution in [2.24, 2.45) is 0 Å². The van der Waals surface area contributed by atoms with E-state index >= 15 is 0 Å². The minimum atomic E-state index is -0.673. The number of amides is 2. The van der Waals surface area contributed by atoms with Crippen molar-refractivity contribution >= 4 is 35.0 Å². The molecule has 0 bridgehead atoms. The molecule has 2 aromatic rings. The number of likely N-dealkylation sites (N-methyl/N-ethyl adjacent to an activating group) is 1. The molecule has 2 amide bonds. The zero-order valence-corrected chi connectivity index (χ0v) is 17.0. The van der Waals surface area contributed by atoms with Crippen molar-refractivity contribution < 1.29 is 14.3 Å². The number of nitrogens with one attached hydrogen (secondary N) is 1. The van der Waals surface area contributed by atoms with Gasteiger partial charge in [0, 0.05) is 29.2 Å². The van der Waals surface area contributed by atoms with E-state index in [2.05, 4.69) is 5.32 Å².